The third-order valence-electron chi connectivity index (χ3n) is 3.73. The lowest BCUT2D eigenvalue weighted by atomic mass is 9.95. The number of hydrogen-bond acceptors (Lipinski definition) is 5. The van der Waals surface area contributed by atoms with E-state index < -0.39 is 0 Å². The molecule has 0 N–H and O–H groups in total. The summed E-state index contributed by atoms with van der Waals surface area (Å²) in [6.45, 7) is 4.98. The van der Waals surface area contributed by atoms with Gasteiger partial charge < -0.3 is 0 Å². The summed E-state index contributed by atoms with van der Waals surface area (Å²) in [7, 11) is 0. The van der Waals surface area contributed by atoms with Crippen LogP contribution in [0.3, 0.4) is 0 Å². The maximum absolute atomic E-state index is 4.48. The molecule has 104 valence electrons. The molecule has 0 saturated carbocycles. The van der Waals surface area contributed by atoms with E-state index in [2.05, 4.69) is 24.8 Å². The van der Waals surface area contributed by atoms with Gasteiger partial charge in [0.15, 0.2) is 0 Å². The van der Waals surface area contributed by atoms with Crippen molar-refractivity contribution in [2.45, 2.75) is 32.2 Å². The highest BCUT2D eigenvalue weighted by atomic mass is 15.1. The molecule has 0 bridgehead atoms. The molecule has 3 heterocycles. The van der Waals surface area contributed by atoms with Crippen LogP contribution in [0.5, 0.6) is 0 Å². The van der Waals surface area contributed by atoms with Crippen LogP contribution in [0, 0.1) is 6.92 Å². The van der Waals surface area contributed by atoms with Crippen molar-refractivity contribution in [2.75, 3.05) is 13.1 Å². The molecule has 1 saturated heterocycles. The summed E-state index contributed by atoms with van der Waals surface area (Å²) in [6, 6.07) is 2.00. The fourth-order valence-corrected chi connectivity index (χ4v) is 2.78. The lowest BCUT2D eigenvalue weighted by Crippen LogP contribution is -2.34. The highest BCUT2D eigenvalue weighted by Crippen LogP contribution is 2.25. The van der Waals surface area contributed by atoms with Gasteiger partial charge in [-0.3, -0.25) is 14.9 Å². The Morgan fingerprint density at radius 1 is 1.25 bits per heavy atom. The summed E-state index contributed by atoms with van der Waals surface area (Å²) in [4.78, 5) is 19.7. The second kappa shape index (κ2) is 6.05. The molecule has 0 aromatic carbocycles. The Labute approximate surface area is 119 Å². The quantitative estimate of drug-likeness (QED) is 0.852. The molecule has 5 heteroatoms. The molecular formula is C15H19N5. The molecule has 0 spiro atoms. The lowest BCUT2D eigenvalue weighted by molar-refractivity contribution is 0.196. The zero-order chi connectivity index (χ0) is 13.8. The average molecular weight is 269 g/mol. The van der Waals surface area contributed by atoms with Gasteiger partial charge in [-0.2, -0.15) is 0 Å². The summed E-state index contributed by atoms with van der Waals surface area (Å²) in [5.41, 5.74) is 2.20. The molecule has 1 aliphatic heterocycles. The van der Waals surface area contributed by atoms with Crippen molar-refractivity contribution in [1.82, 2.24) is 24.8 Å². The van der Waals surface area contributed by atoms with Crippen LogP contribution < -0.4 is 0 Å². The van der Waals surface area contributed by atoms with Crippen molar-refractivity contribution in [3.05, 3.63) is 48.1 Å². The van der Waals surface area contributed by atoms with Crippen LogP contribution in [0.1, 0.15) is 36.0 Å². The van der Waals surface area contributed by atoms with Crippen LogP contribution in [-0.4, -0.2) is 37.9 Å². The number of piperidine rings is 1. The Morgan fingerprint density at radius 2 is 2.20 bits per heavy atom. The van der Waals surface area contributed by atoms with Gasteiger partial charge in [0.1, 0.15) is 5.82 Å². The fourth-order valence-electron chi connectivity index (χ4n) is 2.78. The molecule has 2 aromatic rings. The van der Waals surface area contributed by atoms with Crippen LogP contribution >= 0.6 is 0 Å². The maximum Gasteiger partial charge on any atom is 0.125 e. The van der Waals surface area contributed by atoms with Gasteiger partial charge >= 0.3 is 0 Å². The molecule has 5 nitrogen and oxygen atoms in total. The maximum atomic E-state index is 4.48. The van der Waals surface area contributed by atoms with Crippen molar-refractivity contribution >= 4 is 0 Å². The first-order valence-electron chi connectivity index (χ1n) is 7.08. The Balaban J connectivity index is 1.66. The Morgan fingerprint density at radius 3 is 3.00 bits per heavy atom. The Bertz CT molecular complexity index is 557. The minimum absolute atomic E-state index is 0.486. The largest absolute Gasteiger partial charge is 0.297 e. The molecule has 1 atom stereocenters. The van der Waals surface area contributed by atoms with Crippen molar-refractivity contribution < 1.29 is 0 Å². The minimum Gasteiger partial charge on any atom is -0.297 e. The highest BCUT2D eigenvalue weighted by molar-refractivity contribution is 5.07. The molecular weight excluding hydrogens is 250 g/mol. The summed E-state index contributed by atoms with van der Waals surface area (Å²) < 4.78 is 0. The summed E-state index contributed by atoms with van der Waals surface area (Å²) in [5.74, 6) is 1.32. The van der Waals surface area contributed by atoms with Gasteiger partial charge in [0, 0.05) is 43.8 Å². The summed E-state index contributed by atoms with van der Waals surface area (Å²) in [6.07, 6.45) is 9.63. The number of aromatic nitrogens is 4. The highest BCUT2D eigenvalue weighted by Gasteiger charge is 2.22. The van der Waals surface area contributed by atoms with Gasteiger partial charge in [0.05, 0.1) is 11.4 Å². The van der Waals surface area contributed by atoms with Gasteiger partial charge in [-0.1, -0.05) is 0 Å². The molecule has 2 aromatic heterocycles. The van der Waals surface area contributed by atoms with E-state index in [1.54, 1.807) is 12.4 Å². The van der Waals surface area contributed by atoms with E-state index in [4.69, 9.17) is 0 Å². The second-order valence-electron chi connectivity index (χ2n) is 5.30. The lowest BCUT2D eigenvalue weighted by Gasteiger charge is -2.32. The standard InChI is InChI=1S/C15H19N5/c1-12-17-5-4-14(19-12)11-20-8-2-3-13(10-20)15-9-16-6-7-18-15/h4-7,9,13H,2-3,8,10-11H2,1H3. The molecule has 1 fully saturated rings. The second-order valence-corrected chi connectivity index (χ2v) is 5.30. The first-order valence-corrected chi connectivity index (χ1v) is 7.08. The van der Waals surface area contributed by atoms with Crippen molar-refractivity contribution in [3.63, 3.8) is 0 Å². The van der Waals surface area contributed by atoms with E-state index in [0.29, 0.717) is 5.92 Å². The molecule has 1 unspecified atom stereocenters. The predicted molar refractivity (Wildman–Crippen MR) is 76.1 cm³/mol. The third kappa shape index (κ3) is 3.17. The van der Waals surface area contributed by atoms with Gasteiger partial charge in [-0.15, -0.1) is 0 Å². The van der Waals surface area contributed by atoms with Crippen LogP contribution in [0.4, 0.5) is 0 Å². The van der Waals surface area contributed by atoms with Gasteiger partial charge in [0.2, 0.25) is 0 Å². The third-order valence-corrected chi connectivity index (χ3v) is 3.73. The van der Waals surface area contributed by atoms with Gasteiger partial charge in [-0.25, -0.2) is 9.97 Å². The molecule has 20 heavy (non-hydrogen) atoms. The number of aryl methyl sites for hydroxylation is 1. The van der Waals surface area contributed by atoms with E-state index >= 15 is 0 Å². The normalized spacial score (nSPS) is 19.9. The zero-order valence-corrected chi connectivity index (χ0v) is 11.7. The summed E-state index contributed by atoms with van der Waals surface area (Å²) >= 11 is 0. The molecule has 0 aliphatic carbocycles. The molecule has 3 rings (SSSR count). The van der Waals surface area contributed by atoms with E-state index in [-0.39, 0.29) is 0 Å². The number of nitrogens with zero attached hydrogens (tertiary/aromatic N) is 5. The van der Waals surface area contributed by atoms with E-state index in [1.165, 1.54) is 12.8 Å². The topological polar surface area (TPSA) is 54.8 Å². The predicted octanol–water partition coefficient (Wildman–Crippen LogP) is 1.95. The van der Waals surface area contributed by atoms with Crippen molar-refractivity contribution in [2.24, 2.45) is 0 Å². The monoisotopic (exact) mass is 269 g/mol. The SMILES string of the molecule is Cc1nccc(CN2CCCC(c3cnccn3)C2)n1. The van der Waals surface area contributed by atoms with Crippen molar-refractivity contribution in [1.29, 1.82) is 0 Å². The number of likely N-dealkylation sites (tertiary alicyclic amines) is 1. The van der Waals surface area contributed by atoms with Crippen LogP contribution in [-0.2, 0) is 6.54 Å². The van der Waals surface area contributed by atoms with Gasteiger partial charge in [-0.05, 0) is 32.4 Å². The summed E-state index contributed by atoms with van der Waals surface area (Å²) in [5, 5.41) is 0. The Hall–Kier alpha value is -1.88. The number of hydrogen-bond donors (Lipinski definition) is 0. The molecule has 0 radical (unpaired) electrons. The van der Waals surface area contributed by atoms with Crippen LogP contribution in [0.25, 0.3) is 0 Å². The zero-order valence-electron chi connectivity index (χ0n) is 11.7. The molecule has 0 amide bonds. The first kappa shape index (κ1) is 13.1. The van der Waals surface area contributed by atoms with E-state index in [9.17, 15) is 0 Å². The van der Waals surface area contributed by atoms with Crippen molar-refractivity contribution in [3.8, 4) is 0 Å². The minimum atomic E-state index is 0.486. The van der Waals surface area contributed by atoms with Crippen LogP contribution in [0.2, 0.25) is 0 Å². The first-order chi connectivity index (χ1) is 9.81. The van der Waals surface area contributed by atoms with Gasteiger partial charge in [0.25, 0.3) is 0 Å². The average Bonchev–Trinajstić information content (AvgIpc) is 2.48. The fraction of sp³-hybridized carbons (Fsp3) is 0.467. The molecule has 1 aliphatic rings. The van der Waals surface area contributed by atoms with E-state index in [1.807, 2.05) is 25.4 Å². The number of rotatable bonds is 3. The Kier molecular flexibility index (Phi) is 3.97. The van der Waals surface area contributed by atoms with E-state index in [0.717, 1.165) is 36.8 Å². The smallest absolute Gasteiger partial charge is 0.125 e. The van der Waals surface area contributed by atoms with Crippen LogP contribution in [0.15, 0.2) is 30.9 Å².